The molecule has 0 saturated heterocycles. The Morgan fingerprint density at radius 3 is 2.42 bits per heavy atom. The van der Waals surface area contributed by atoms with Crippen LogP contribution in [0.25, 0.3) is 6.08 Å². The van der Waals surface area contributed by atoms with Crippen molar-refractivity contribution in [2.45, 2.75) is 19.3 Å². The summed E-state index contributed by atoms with van der Waals surface area (Å²) in [5, 5.41) is 9.24. The first-order valence-corrected chi connectivity index (χ1v) is 8.24. The Hall–Kier alpha value is -3.08. The third-order valence-corrected chi connectivity index (χ3v) is 3.89. The van der Waals surface area contributed by atoms with Crippen LogP contribution in [0.4, 0.5) is 0 Å². The van der Waals surface area contributed by atoms with Crippen molar-refractivity contribution in [1.29, 1.82) is 0 Å². The van der Waals surface area contributed by atoms with E-state index in [1.807, 2.05) is 0 Å². The first kappa shape index (κ1) is 19.2. The number of aryl methyl sites for hydroxylation is 1. The largest absolute Gasteiger partial charge is 0.508 e. The SMILES string of the molecule is COc1ccc(C=CC(=O)CC(=O)CCc2ccc(O)cc2)c(OC)c1. The van der Waals surface area contributed by atoms with E-state index in [-0.39, 0.29) is 30.2 Å². The van der Waals surface area contributed by atoms with Crippen LogP contribution in [-0.4, -0.2) is 30.9 Å². The van der Waals surface area contributed by atoms with Crippen molar-refractivity contribution >= 4 is 17.6 Å². The Bertz CT molecular complexity index is 791. The van der Waals surface area contributed by atoms with E-state index in [1.165, 1.54) is 6.08 Å². The third-order valence-electron chi connectivity index (χ3n) is 3.89. The maximum atomic E-state index is 12.0. The van der Waals surface area contributed by atoms with Crippen molar-refractivity contribution in [3.63, 3.8) is 0 Å². The Labute approximate surface area is 152 Å². The Morgan fingerprint density at radius 1 is 1.04 bits per heavy atom. The summed E-state index contributed by atoms with van der Waals surface area (Å²) in [5.41, 5.74) is 1.68. The van der Waals surface area contributed by atoms with E-state index in [4.69, 9.17) is 9.47 Å². The topological polar surface area (TPSA) is 72.8 Å². The number of aromatic hydroxyl groups is 1. The second-order valence-corrected chi connectivity index (χ2v) is 5.79. The number of allylic oxidation sites excluding steroid dienone is 1. The summed E-state index contributed by atoms with van der Waals surface area (Å²) in [6, 6.07) is 12.0. The molecule has 0 radical (unpaired) electrons. The van der Waals surface area contributed by atoms with Crippen LogP contribution >= 0.6 is 0 Å². The van der Waals surface area contributed by atoms with Crippen molar-refractivity contribution in [2.75, 3.05) is 14.2 Å². The molecule has 1 N–H and O–H groups in total. The monoisotopic (exact) mass is 354 g/mol. The van der Waals surface area contributed by atoms with Gasteiger partial charge in [-0.3, -0.25) is 9.59 Å². The van der Waals surface area contributed by atoms with Crippen LogP contribution in [0.1, 0.15) is 24.0 Å². The van der Waals surface area contributed by atoms with Gasteiger partial charge in [-0.1, -0.05) is 12.1 Å². The molecule has 0 spiro atoms. The van der Waals surface area contributed by atoms with E-state index in [2.05, 4.69) is 0 Å². The number of Topliss-reactive ketones (excluding diaryl/α,β-unsaturated/α-hetero) is 1. The lowest BCUT2D eigenvalue weighted by Crippen LogP contribution is -2.06. The molecule has 0 aliphatic carbocycles. The van der Waals surface area contributed by atoms with Crippen molar-refractivity contribution < 1.29 is 24.2 Å². The average molecular weight is 354 g/mol. The molecule has 0 aliphatic heterocycles. The number of rotatable bonds is 9. The van der Waals surface area contributed by atoms with Gasteiger partial charge in [-0.15, -0.1) is 0 Å². The van der Waals surface area contributed by atoms with Crippen LogP contribution < -0.4 is 9.47 Å². The van der Waals surface area contributed by atoms with Crippen LogP contribution in [-0.2, 0) is 16.0 Å². The van der Waals surface area contributed by atoms with Crippen molar-refractivity contribution in [3.8, 4) is 17.2 Å². The fourth-order valence-corrected chi connectivity index (χ4v) is 2.43. The molecule has 5 heteroatoms. The first-order valence-electron chi connectivity index (χ1n) is 8.24. The Balaban J connectivity index is 1.88. The summed E-state index contributed by atoms with van der Waals surface area (Å²) in [7, 11) is 3.11. The number of hydrogen-bond acceptors (Lipinski definition) is 5. The average Bonchev–Trinajstić information content (AvgIpc) is 2.65. The van der Waals surface area contributed by atoms with Gasteiger partial charge in [0.25, 0.3) is 0 Å². The van der Waals surface area contributed by atoms with Gasteiger partial charge in [0.15, 0.2) is 5.78 Å². The quantitative estimate of drug-likeness (QED) is 0.550. The molecule has 0 amide bonds. The standard InChI is InChI=1S/C21H22O5/c1-25-20-12-7-16(21(14-20)26-2)6-11-19(24)13-18(23)10-5-15-3-8-17(22)9-4-15/h3-4,6-9,11-12,14,22H,5,10,13H2,1-2H3. The zero-order valence-corrected chi connectivity index (χ0v) is 14.9. The highest BCUT2D eigenvalue weighted by molar-refractivity contribution is 6.06. The Morgan fingerprint density at radius 2 is 1.77 bits per heavy atom. The number of methoxy groups -OCH3 is 2. The van der Waals surface area contributed by atoms with Gasteiger partial charge in [-0.05, 0) is 48.4 Å². The number of hydrogen-bond donors (Lipinski definition) is 1. The van der Waals surface area contributed by atoms with Gasteiger partial charge in [-0.25, -0.2) is 0 Å². The first-order chi connectivity index (χ1) is 12.5. The number of ether oxygens (including phenoxy) is 2. The van der Waals surface area contributed by atoms with Crippen LogP contribution in [0.2, 0.25) is 0 Å². The maximum Gasteiger partial charge on any atom is 0.163 e. The van der Waals surface area contributed by atoms with E-state index in [1.54, 1.807) is 62.8 Å². The molecule has 0 heterocycles. The van der Waals surface area contributed by atoms with Gasteiger partial charge in [0.2, 0.25) is 0 Å². The number of benzene rings is 2. The third kappa shape index (κ3) is 5.77. The second-order valence-electron chi connectivity index (χ2n) is 5.79. The van der Waals surface area contributed by atoms with E-state index < -0.39 is 0 Å². The van der Waals surface area contributed by atoms with E-state index in [0.29, 0.717) is 17.9 Å². The van der Waals surface area contributed by atoms with Gasteiger partial charge in [-0.2, -0.15) is 0 Å². The molecule has 2 aromatic carbocycles. The summed E-state index contributed by atoms with van der Waals surface area (Å²) in [6.45, 7) is 0. The highest BCUT2D eigenvalue weighted by atomic mass is 16.5. The lowest BCUT2D eigenvalue weighted by atomic mass is 10.0. The zero-order chi connectivity index (χ0) is 18.9. The van der Waals surface area contributed by atoms with Gasteiger partial charge in [0.1, 0.15) is 23.0 Å². The second kappa shape index (κ2) is 9.42. The predicted octanol–water partition coefficient (Wildman–Crippen LogP) is 3.58. The fourth-order valence-electron chi connectivity index (χ4n) is 2.43. The minimum absolute atomic E-state index is 0.116. The molecule has 0 fully saturated rings. The molecule has 0 aromatic heterocycles. The molecule has 0 atom stereocenters. The molecule has 0 saturated carbocycles. The summed E-state index contributed by atoms with van der Waals surface area (Å²) in [4.78, 5) is 24.0. The molecule has 0 aliphatic rings. The molecular weight excluding hydrogens is 332 g/mol. The van der Waals surface area contributed by atoms with Crippen LogP contribution in [0, 0.1) is 0 Å². The molecule has 2 aromatic rings. The minimum Gasteiger partial charge on any atom is -0.508 e. The summed E-state index contributed by atoms with van der Waals surface area (Å²) in [6.07, 6.45) is 3.72. The molecule has 5 nitrogen and oxygen atoms in total. The summed E-state index contributed by atoms with van der Waals surface area (Å²) in [5.74, 6) is 1.07. The van der Waals surface area contributed by atoms with E-state index in [0.717, 1.165) is 11.1 Å². The van der Waals surface area contributed by atoms with Crippen LogP contribution in [0.15, 0.2) is 48.5 Å². The van der Waals surface area contributed by atoms with E-state index >= 15 is 0 Å². The van der Waals surface area contributed by atoms with Gasteiger partial charge >= 0.3 is 0 Å². The van der Waals surface area contributed by atoms with Crippen molar-refractivity contribution in [2.24, 2.45) is 0 Å². The normalized spacial score (nSPS) is 10.7. The molecule has 26 heavy (non-hydrogen) atoms. The van der Waals surface area contributed by atoms with Gasteiger partial charge in [0, 0.05) is 18.1 Å². The molecular formula is C21H22O5. The lowest BCUT2D eigenvalue weighted by Gasteiger charge is -2.07. The Kier molecular flexibility index (Phi) is 6.97. The summed E-state index contributed by atoms with van der Waals surface area (Å²) < 4.78 is 10.4. The highest BCUT2D eigenvalue weighted by Gasteiger charge is 2.08. The molecule has 0 unspecified atom stereocenters. The number of carbonyl (C=O) groups excluding carboxylic acids is 2. The van der Waals surface area contributed by atoms with Crippen molar-refractivity contribution in [1.82, 2.24) is 0 Å². The number of phenols is 1. The fraction of sp³-hybridized carbons (Fsp3) is 0.238. The summed E-state index contributed by atoms with van der Waals surface area (Å²) >= 11 is 0. The van der Waals surface area contributed by atoms with E-state index in [9.17, 15) is 14.7 Å². The smallest absolute Gasteiger partial charge is 0.163 e. The van der Waals surface area contributed by atoms with Crippen LogP contribution in [0.3, 0.4) is 0 Å². The predicted molar refractivity (Wildman–Crippen MR) is 99.6 cm³/mol. The zero-order valence-electron chi connectivity index (χ0n) is 14.9. The lowest BCUT2D eigenvalue weighted by molar-refractivity contribution is -0.124. The van der Waals surface area contributed by atoms with Gasteiger partial charge in [0.05, 0.1) is 20.6 Å². The number of carbonyl (C=O) groups is 2. The van der Waals surface area contributed by atoms with Crippen LogP contribution in [0.5, 0.6) is 17.2 Å². The number of phenolic OH excluding ortho intramolecular Hbond substituents is 1. The molecule has 136 valence electrons. The van der Waals surface area contributed by atoms with Gasteiger partial charge < -0.3 is 14.6 Å². The van der Waals surface area contributed by atoms with Crippen molar-refractivity contribution in [3.05, 3.63) is 59.7 Å². The molecule has 0 bridgehead atoms. The molecule has 2 rings (SSSR count). The number of ketones is 2. The maximum absolute atomic E-state index is 12.0. The minimum atomic E-state index is -0.251. The highest BCUT2D eigenvalue weighted by Crippen LogP contribution is 2.25.